The molecule has 1 aromatic rings. The summed E-state index contributed by atoms with van der Waals surface area (Å²) >= 11 is 0. The van der Waals surface area contributed by atoms with E-state index in [0.717, 1.165) is 32.0 Å². The minimum Gasteiger partial charge on any atom is -0.357 e. The van der Waals surface area contributed by atoms with Crippen LogP contribution in [-0.2, 0) is 17.9 Å². The number of hydrogen-bond acceptors (Lipinski definition) is 3. The van der Waals surface area contributed by atoms with E-state index in [1.54, 1.807) is 0 Å². The molecule has 1 aromatic carbocycles. The Balaban J connectivity index is 0.00000341. The Labute approximate surface area is 205 Å². The van der Waals surface area contributed by atoms with E-state index in [4.69, 9.17) is 4.99 Å². The molecule has 2 saturated heterocycles. The molecule has 2 aliphatic rings. The lowest BCUT2D eigenvalue weighted by molar-refractivity contribution is -0.128. The molecule has 0 bridgehead atoms. The number of nitrogens with one attached hydrogen (secondary N) is 2. The van der Waals surface area contributed by atoms with Gasteiger partial charge in [-0.2, -0.15) is 0 Å². The summed E-state index contributed by atoms with van der Waals surface area (Å²) in [5.74, 6) is 1.14. The van der Waals surface area contributed by atoms with Crippen LogP contribution in [-0.4, -0.2) is 59.9 Å². The Morgan fingerprint density at radius 3 is 2.48 bits per heavy atom. The Morgan fingerprint density at radius 1 is 1.06 bits per heavy atom. The molecule has 2 fully saturated rings. The van der Waals surface area contributed by atoms with Gasteiger partial charge in [0.1, 0.15) is 0 Å². The van der Waals surface area contributed by atoms with Crippen LogP contribution in [0.1, 0.15) is 64.0 Å². The number of halogens is 1. The quantitative estimate of drug-likeness (QED) is 0.299. The monoisotopic (exact) mass is 541 g/mol. The number of carbonyl (C=O) groups excluding carboxylic acids is 1. The van der Waals surface area contributed by atoms with Crippen molar-refractivity contribution < 1.29 is 4.79 Å². The third-order valence-corrected chi connectivity index (χ3v) is 6.20. The van der Waals surface area contributed by atoms with Crippen molar-refractivity contribution in [1.82, 2.24) is 20.4 Å². The summed E-state index contributed by atoms with van der Waals surface area (Å²) in [6.07, 6.45) is 5.63. The standard InChI is InChI=1S/C24H39N5O.HI/c1-4-25-23(27-19-24(2,3)29-14-6-5-7-15-29)26-17-20-10-8-11-21(16-20)18-28-13-9-12-22(28)30;/h8,10-11,16H,4-7,9,12-15,17-19H2,1-3H3,(H2,25,26,27);1H. The molecule has 2 heterocycles. The highest BCUT2D eigenvalue weighted by atomic mass is 127. The van der Waals surface area contributed by atoms with Crippen molar-refractivity contribution in [2.24, 2.45) is 4.99 Å². The van der Waals surface area contributed by atoms with Crippen molar-refractivity contribution in [3.8, 4) is 0 Å². The lowest BCUT2D eigenvalue weighted by Crippen LogP contribution is -2.54. The van der Waals surface area contributed by atoms with Gasteiger partial charge in [-0.15, -0.1) is 24.0 Å². The first-order valence-electron chi connectivity index (χ1n) is 11.6. The van der Waals surface area contributed by atoms with E-state index >= 15 is 0 Å². The van der Waals surface area contributed by atoms with Crippen LogP contribution in [0.2, 0.25) is 0 Å². The average molecular weight is 542 g/mol. The summed E-state index contributed by atoms with van der Waals surface area (Å²) in [6.45, 7) is 13.0. The van der Waals surface area contributed by atoms with Crippen molar-refractivity contribution in [3.05, 3.63) is 35.4 Å². The van der Waals surface area contributed by atoms with E-state index in [1.165, 1.54) is 43.5 Å². The molecule has 174 valence electrons. The number of aliphatic imine (C=N–C) groups is 1. The number of carbonyl (C=O) groups is 1. The van der Waals surface area contributed by atoms with Gasteiger partial charge in [0.05, 0.1) is 6.54 Å². The highest BCUT2D eigenvalue weighted by molar-refractivity contribution is 14.0. The molecule has 7 heteroatoms. The van der Waals surface area contributed by atoms with Crippen LogP contribution in [0.15, 0.2) is 29.3 Å². The number of nitrogens with zero attached hydrogens (tertiary/aromatic N) is 3. The lowest BCUT2D eigenvalue weighted by atomic mass is 9.98. The molecular formula is C24H40IN5O. The topological polar surface area (TPSA) is 60.0 Å². The fourth-order valence-electron chi connectivity index (χ4n) is 4.34. The molecule has 2 N–H and O–H groups in total. The first-order chi connectivity index (χ1) is 14.5. The Hall–Kier alpha value is -1.35. The predicted octanol–water partition coefficient (Wildman–Crippen LogP) is 3.75. The van der Waals surface area contributed by atoms with Gasteiger partial charge >= 0.3 is 0 Å². The number of rotatable bonds is 8. The van der Waals surface area contributed by atoms with Gasteiger partial charge in [0, 0.05) is 38.1 Å². The van der Waals surface area contributed by atoms with E-state index in [0.29, 0.717) is 19.5 Å². The molecule has 31 heavy (non-hydrogen) atoms. The number of guanidine groups is 1. The van der Waals surface area contributed by atoms with Gasteiger partial charge in [0.2, 0.25) is 5.91 Å². The Bertz CT molecular complexity index is 730. The largest absolute Gasteiger partial charge is 0.357 e. The predicted molar refractivity (Wildman–Crippen MR) is 139 cm³/mol. The summed E-state index contributed by atoms with van der Waals surface area (Å²) in [5.41, 5.74) is 2.47. The van der Waals surface area contributed by atoms with E-state index in [9.17, 15) is 4.79 Å². The van der Waals surface area contributed by atoms with Gasteiger partial charge in [-0.3, -0.25) is 9.69 Å². The Morgan fingerprint density at radius 2 is 1.81 bits per heavy atom. The van der Waals surface area contributed by atoms with E-state index in [2.05, 4.69) is 60.6 Å². The van der Waals surface area contributed by atoms with Gasteiger partial charge in [0.25, 0.3) is 0 Å². The second-order valence-electron chi connectivity index (χ2n) is 9.15. The molecule has 6 nitrogen and oxygen atoms in total. The third kappa shape index (κ3) is 7.93. The van der Waals surface area contributed by atoms with Crippen molar-refractivity contribution in [3.63, 3.8) is 0 Å². The normalized spacial score (nSPS) is 18.1. The highest BCUT2D eigenvalue weighted by Gasteiger charge is 2.27. The summed E-state index contributed by atoms with van der Waals surface area (Å²) in [7, 11) is 0. The Kier molecular flexibility index (Phi) is 10.6. The summed E-state index contributed by atoms with van der Waals surface area (Å²) < 4.78 is 0. The van der Waals surface area contributed by atoms with Crippen LogP contribution in [0, 0.1) is 0 Å². The van der Waals surface area contributed by atoms with Crippen LogP contribution in [0.4, 0.5) is 0 Å². The smallest absolute Gasteiger partial charge is 0.222 e. The maximum Gasteiger partial charge on any atom is 0.222 e. The highest BCUT2D eigenvalue weighted by Crippen LogP contribution is 2.20. The zero-order chi connectivity index (χ0) is 21.4. The van der Waals surface area contributed by atoms with Gasteiger partial charge in [-0.05, 0) is 64.3 Å². The fraction of sp³-hybridized carbons (Fsp3) is 0.667. The molecule has 0 atom stereocenters. The molecule has 0 radical (unpaired) electrons. The van der Waals surface area contributed by atoms with Crippen molar-refractivity contribution in [1.29, 1.82) is 0 Å². The van der Waals surface area contributed by atoms with E-state index < -0.39 is 0 Å². The maximum absolute atomic E-state index is 11.9. The molecule has 0 saturated carbocycles. The van der Waals surface area contributed by atoms with E-state index in [1.807, 2.05) is 4.90 Å². The second kappa shape index (κ2) is 12.6. The van der Waals surface area contributed by atoms with Crippen LogP contribution in [0.25, 0.3) is 0 Å². The zero-order valence-electron chi connectivity index (χ0n) is 19.5. The number of likely N-dealkylation sites (tertiary alicyclic amines) is 2. The molecule has 0 unspecified atom stereocenters. The van der Waals surface area contributed by atoms with Gasteiger partial charge in [-0.1, -0.05) is 30.7 Å². The van der Waals surface area contributed by atoms with E-state index in [-0.39, 0.29) is 35.4 Å². The van der Waals surface area contributed by atoms with Crippen molar-refractivity contribution >= 4 is 35.8 Å². The minimum absolute atomic E-state index is 0. The van der Waals surface area contributed by atoms with Gasteiger partial charge < -0.3 is 15.5 Å². The fourth-order valence-corrected chi connectivity index (χ4v) is 4.34. The molecule has 2 aliphatic heterocycles. The first-order valence-corrected chi connectivity index (χ1v) is 11.6. The third-order valence-electron chi connectivity index (χ3n) is 6.20. The van der Waals surface area contributed by atoms with Crippen molar-refractivity contribution in [2.75, 3.05) is 32.7 Å². The molecule has 0 aromatic heterocycles. The van der Waals surface area contributed by atoms with Crippen LogP contribution >= 0.6 is 24.0 Å². The van der Waals surface area contributed by atoms with Crippen LogP contribution < -0.4 is 10.6 Å². The van der Waals surface area contributed by atoms with Crippen LogP contribution in [0.5, 0.6) is 0 Å². The first kappa shape index (κ1) is 25.9. The number of amides is 1. The molecule has 0 aliphatic carbocycles. The second-order valence-corrected chi connectivity index (χ2v) is 9.15. The molecule has 0 spiro atoms. The number of hydrogen-bond donors (Lipinski definition) is 2. The summed E-state index contributed by atoms with van der Waals surface area (Å²) in [6, 6.07) is 8.46. The SMILES string of the molecule is CCNC(=NCc1cccc(CN2CCCC2=O)c1)NCC(C)(C)N1CCCCC1.I. The molecule has 3 rings (SSSR count). The van der Waals surface area contributed by atoms with Crippen molar-refractivity contribution in [2.45, 2.75) is 71.5 Å². The summed E-state index contributed by atoms with van der Waals surface area (Å²) in [4.78, 5) is 21.3. The molecule has 1 amide bonds. The van der Waals surface area contributed by atoms with Gasteiger partial charge in [0.15, 0.2) is 5.96 Å². The van der Waals surface area contributed by atoms with Crippen LogP contribution in [0.3, 0.4) is 0 Å². The minimum atomic E-state index is 0. The lowest BCUT2D eigenvalue weighted by Gasteiger charge is -2.41. The number of benzene rings is 1. The maximum atomic E-state index is 11.9. The summed E-state index contributed by atoms with van der Waals surface area (Å²) in [5, 5.41) is 6.93. The number of piperidine rings is 1. The van der Waals surface area contributed by atoms with Gasteiger partial charge in [-0.25, -0.2) is 4.99 Å². The molecular weight excluding hydrogens is 501 g/mol. The average Bonchev–Trinajstić information content (AvgIpc) is 3.15. The zero-order valence-corrected chi connectivity index (χ0v) is 21.8.